The van der Waals surface area contributed by atoms with Gasteiger partial charge in [-0.1, -0.05) is 41.0 Å². The van der Waals surface area contributed by atoms with Crippen molar-refractivity contribution in [2.24, 2.45) is 11.3 Å². The Kier molecular flexibility index (Phi) is 6.65. The molecule has 0 aromatic rings. The first-order chi connectivity index (χ1) is 8.52. The van der Waals surface area contributed by atoms with Gasteiger partial charge in [-0.3, -0.25) is 4.90 Å². The van der Waals surface area contributed by atoms with Crippen molar-refractivity contribution in [3.63, 3.8) is 0 Å². The van der Waals surface area contributed by atoms with Crippen LogP contribution < -0.4 is 5.32 Å². The summed E-state index contributed by atoms with van der Waals surface area (Å²) in [5.74, 6) is 0.803. The smallest absolute Gasteiger partial charge is 0.0119 e. The predicted molar refractivity (Wildman–Crippen MR) is 81.0 cm³/mol. The fourth-order valence-corrected chi connectivity index (χ4v) is 3.55. The van der Waals surface area contributed by atoms with E-state index in [0.29, 0.717) is 5.41 Å². The molecule has 2 atom stereocenters. The molecule has 0 aromatic heterocycles. The number of nitrogens with zero attached hydrogens (tertiary/aromatic N) is 1. The topological polar surface area (TPSA) is 15.3 Å². The van der Waals surface area contributed by atoms with Gasteiger partial charge in [-0.2, -0.15) is 0 Å². The summed E-state index contributed by atoms with van der Waals surface area (Å²) in [7, 11) is 0. The summed E-state index contributed by atoms with van der Waals surface area (Å²) >= 11 is 0. The van der Waals surface area contributed by atoms with Gasteiger partial charge in [0.15, 0.2) is 0 Å². The van der Waals surface area contributed by atoms with Gasteiger partial charge in [0.2, 0.25) is 0 Å². The van der Waals surface area contributed by atoms with Crippen molar-refractivity contribution >= 4 is 0 Å². The van der Waals surface area contributed by atoms with Crippen LogP contribution in [0, 0.1) is 11.3 Å². The standard InChI is InChI=1S/C16H34N2/c1-6-10-16(5,12-17-7-2)13-18-11-8-9-15(18)14(3)4/h14-15,17H,6-13H2,1-5H3. The first kappa shape index (κ1) is 16.0. The third kappa shape index (κ3) is 4.55. The van der Waals surface area contributed by atoms with Gasteiger partial charge in [0.05, 0.1) is 0 Å². The summed E-state index contributed by atoms with van der Waals surface area (Å²) in [4.78, 5) is 2.76. The van der Waals surface area contributed by atoms with E-state index in [2.05, 4.69) is 44.8 Å². The fourth-order valence-electron chi connectivity index (χ4n) is 3.55. The van der Waals surface area contributed by atoms with Crippen molar-refractivity contribution in [1.82, 2.24) is 10.2 Å². The van der Waals surface area contributed by atoms with Crippen molar-refractivity contribution in [1.29, 1.82) is 0 Å². The SMILES string of the molecule is CCCC(C)(CNCC)CN1CCCC1C(C)C. The molecule has 0 aromatic carbocycles. The Hall–Kier alpha value is -0.0800. The van der Waals surface area contributed by atoms with Crippen molar-refractivity contribution < 1.29 is 0 Å². The zero-order valence-corrected chi connectivity index (χ0v) is 13.3. The summed E-state index contributed by atoms with van der Waals surface area (Å²) < 4.78 is 0. The summed E-state index contributed by atoms with van der Waals surface area (Å²) in [5.41, 5.74) is 0.447. The molecule has 1 N–H and O–H groups in total. The Morgan fingerprint density at radius 1 is 1.33 bits per heavy atom. The highest BCUT2D eigenvalue weighted by Gasteiger charge is 2.33. The average molecular weight is 254 g/mol. The first-order valence-corrected chi connectivity index (χ1v) is 7.97. The zero-order valence-electron chi connectivity index (χ0n) is 13.3. The van der Waals surface area contributed by atoms with Gasteiger partial charge < -0.3 is 5.32 Å². The van der Waals surface area contributed by atoms with Crippen LogP contribution in [0.1, 0.15) is 60.3 Å². The summed E-state index contributed by atoms with van der Waals surface area (Å²) in [6.45, 7) is 16.6. The van der Waals surface area contributed by atoms with Gasteiger partial charge in [-0.15, -0.1) is 0 Å². The molecule has 0 radical (unpaired) electrons. The lowest BCUT2D eigenvalue weighted by Crippen LogP contribution is -2.45. The molecule has 1 rings (SSSR count). The minimum absolute atomic E-state index is 0.447. The van der Waals surface area contributed by atoms with Crippen molar-refractivity contribution in [2.45, 2.75) is 66.3 Å². The van der Waals surface area contributed by atoms with E-state index in [4.69, 9.17) is 0 Å². The first-order valence-electron chi connectivity index (χ1n) is 7.97. The second kappa shape index (κ2) is 7.49. The lowest BCUT2D eigenvalue weighted by atomic mass is 9.84. The molecule has 1 aliphatic heterocycles. The van der Waals surface area contributed by atoms with Crippen molar-refractivity contribution in [3.05, 3.63) is 0 Å². The Morgan fingerprint density at radius 2 is 2.06 bits per heavy atom. The van der Waals surface area contributed by atoms with Gasteiger partial charge in [-0.05, 0) is 43.7 Å². The van der Waals surface area contributed by atoms with Crippen LogP contribution >= 0.6 is 0 Å². The molecule has 0 amide bonds. The molecule has 0 aliphatic carbocycles. The number of hydrogen-bond donors (Lipinski definition) is 1. The van der Waals surface area contributed by atoms with Gasteiger partial charge in [0.25, 0.3) is 0 Å². The van der Waals surface area contributed by atoms with Crippen LogP contribution in [0.4, 0.5) is 0 Å². The second-order valence-electron chi connectivity index (χ2n) is 6.77. The molecule has 0 bridgehead atoms. The van der Waals surface area contributed by atoms with E-state index in [1.165, 1.54) is 45.3 Å². The van der Waals surface area contributed by atoms with Gasteiger partial charge >= 0.3 is 0 Å². The van der Waals surface area contributed by atoms with Gasteiger partial charge in [0, 0.05) is 19.1 Å². The quantitative estimate of drug-likeness (QED) is 0.713. The molecule has 0 spiro atoms. The number of likely N-dealkylation sites (tertiary alicyclic amines) is 1. The minimum Gasteiger partial charge on any atom is -0.316 e. The van der Waals surface area contributed by atoms with Crippen LogP contribution in [0.15, 0.2) is 0 Å². The molecular formula is C16H34N2. The lowest BCUT2D eigenvalue weighted by molar-refractivity contribution is 0.119. The molecule has 1 aliphatic rings. The van der Waals surface area contributed by atoms with Crippen LogP contribution in [-0.4, -0.2) is 37.1 Å². The maximum Gasteiger partial charge on any atom is 0.0119 e. The maximum atomic E-state index is 3.57. The summed E-state index contributed by atoms with van der Waals surface area (Å²) in [5, 5.41) is 3.57. The molecule has 2 unspecified atom stereocenters. The highest BCUT2D eigenvalue weighted by molar-refractivity contribution is 4.88. The van der Waals surface area contributed by atoms with Gasteiger partial charge in [0.1, 0.15) is 0 Å². The van der Waals surface area contributed by atoms with Crippen LogP contribution in [0.5, 0.6) is 0 Å². The second-order valence-corrected chi connectivity index (χ2v) is 6.77. The maximum absolute atomic E-state index is 3.57. The molecule has 2 heteroatoms. The molecule has 1 heterocycles. The van der Waals surface area contributed by atoms with Crippen LogP contribution in [0.2, 0.25) is 0 Å². The molecule has 0 saturated carbocycles. The van der Waals surface area contributed by atoms with E-state index < -0.39 is 0 Å². The zero-order chi connectivity index (χ0) is 13.6. The average Bonchev–Trinajstić information content (AvgIpc) is 2.74. The normalized spacial score (nSPS) is 24.7. The number of hydrogen-bond acceptors (Lipinski definition) is 2. The lowest BCUT2D eigenvalue weighted by Gasteiger charge is -2.38. The van der Waals surface area contributed by atoms with Crippen LogP contribution in [-0.2, 0) is 0 Å². The third-order valence-electron chi connectivity index (χ3n) is 4.42. The largest absolute Gasteiger partial charge is 0.316 e. The van der Waals surface area contributed by atoms with E-state index in [9.17, 15) is 0 Å². The van der Waals surface area contributed by atoms with E-state index in [1.54, 1.807) is 0 Å². The van der Waals surface area contributed by atoms with E-state index >= 15 is 0 Å². The Morgan fingerprint density at radius 3 is 2.61 bits per heavy atom. The minimum atomic E-state index is 0.447. The Labute approximate surface area is 115 Å². The summed E-state index contributed by atoms with van der Waals surface area (Å²) in [6, 6.07) is 0.822. The van der Waals surface area contributed by atoms with Gasteiger partial charge in [-0.25, -0.2) is 0 Å². The third-order valence-corrected chi connectivity index (χ3v) is 4.42. The van der Waals surface area contributed by atoms with E-state index in [0.717, 1.165) is 18.5 Å². The number of nitrogens with one attached hydrogen (secondary N) is 1. The summed E-state index contributed by atoms with van der Waals surface area (Å²) in [6.07, 6.45) is 5.43. The van der Waals surface area contributed by atoms with Crippen molar-refractivity contribution in [2.75, 3.05) is 26.2 Å². The molecule has 18 heavy (non-hydrogen) atoms. The highest BCUT2D eigenvalue weighted by atomic mass is 15.2. The Balaban J connectivity index is 2.58. The van der Waals surface area contributed by atoms with E-state index in [1.807, 2.05) is 0 Å². The predicted octanol–water partition coefficient (Wildman–Crippen LogP) is 3.52. The Bertz CT molecular complexity index is 227. The molecule has 1 saturated heterocycles. The van der Waals surface area contributed by atoms with Crippen LogP contribution in [0.25, 0.3) is 0 Å². The number of rotatable bonds is 8. The van der Waals surface area contributed by atoms with E-state index in [-0.39, 0.29) is 0 Å². The fraction of sp³-hybridized carbons (Fsp3) is 1.00. The monoisotopic (exact) mass is 254 g/mol. The van der Waals surface area contributed by atoms with Crippen LogP contribution in [0.3, 0.4) is 0 Å². The van der Waals surface area contributed by atoms with Crippen molar-refractivity contribution in [3.8, 4) is 0 Å². The molecule has 2 nitrogen and oxygen atoms in total. The molecular weight excluding hydrogens is 220 g/mol. The molecule has 108 valence electrons. The highest BCUT2D eigenvalue weighted by Crippen LogP contribution is 2.30. The molecule has 1 fully saturated rings.